The van der Waals surface area contributed by atoms with Crippen LogP contribution in [0.15, 0.2) is 30.6 Å². The third-order valence-corrected chi connectivity index (χ3v) is 3.05. The summed E-state index contributed by atoms with van der Waals surface area (Å²) in [4.78, 5) is 20.5. The average Bonchev–Trinajstić information content (AvgIpc) is 2.46. The number of methoxy groups -OCH3 is 1. The summed E-state index contributed by atoms with van der Waals surface area (Å²) in [5.74, 6) is 0.727. The van der Waals surface area contributed by atoms with Gasteiger partial charge >= 0.3 is 0 Å². The summed E-state index contributed by atoms with van der Waals surface area (Å²) in [5, 5.41) is 6.44. The number of aromatic nitrogens is 2. The van der Waals surface area contributed by atoms with Crippen LogP contribution in [0.2, 0.25) is 5.02 Å². The quantitative estimate of drug-likeness (QED) is 0.893. The predicted octanol–water partition coefficient (Wildman–Crippen LogP) is 3.60. The molecule has 0 saturated carbocycles. The Bertz CT molecular complexity index is 713. The van der Waals surface area contributed by atoms with Crippen molar-refractivity contribution in [2.45, 2.75) is 26.3 Å². The Kier molecular flexibility index (Phi) is 5.05. The molecule has 1 amide bonds. The maximum atomic E-state index is 12.4. The van der Waals surface area contributed by atoms with E-state index in [9.17, 15) is 4.79 Å². The molecular formula is C16H19ClN4O2. The molecule has 2 N–H and O–H groups in total. The van der Waals surface area contributed by atoms with Gasteiger partial charge in [-0.1, -0.05) is 11.6 Å². The SMILES string of the molecule is COc1ccc(Cl)cc1NC(=O)c1cc(NC(C)(C)C)ncn1. The van der Waals surface area contributed by atoms with E-state index in [1.807, 2.05) is 20.8 Å². The highest BCUT2D eigenvalue weighted by Crippen LogP contribution is 2.28. The summed E-state index contributed by atoms with van der Waals surface area (Å²) in [5.41, 5.74) is 0.556. The molecule has 1 aromatic heterocycles. The van der Waals surface area contributed by atoms with Crippen molar-refractivity contribution in [1.29, 1.82) is 0 Å². The van der Waals surface area contributed by atoms with Gasteiger partial charge in [0, 0.05) is 16.6 Å². The lowest BCUT2D eigenvalue weighted by Crippen LogP contribution is -2.27. The number of carbonyl (C=O) groups is 1. The fraction of sp³-hybridized carbons (Fsp3) is 0.312. The lowest BCUT2D eigenvalue weighted by Gasteiger charge is -2.21. The Morgan fingerprint density at radius 2 is 1.96 bits per heavy atom. The number of rotatable bonds is 4. The summed E-state index contributed by atoms with van der Waals surface area (Å²) in [6.45, 7) is 6.02. The molecule has 0 aliphatic heterocycles. The van der Waals surface area contributed by atoms with Crippen LogP contribution in [0.3, 0.4) is 0 Å². The number of carbonyl (C=O) groups excluding carboxylic acids is 1. The minimum Gasteiger partial charge on any atom is -0.495 e. The molecule has 0 aliphatic carbocycles. The van der Waals surface area contributed by atoms with E-state index in [1.54, 1.807) is 24.3 Å². The molecular weight excluding hydrogens is 316 g/mol. The number of hydrogen-bond acceptors (Lipinski definition) is 5. The molecule has 23 heavy (non-hydrogen) atoms. The Morgan fingerprint density at radius 3 is 2.61 bits per heavy atom. The second-order valence-corrected chi connectivity index (χ2v) is 6.40. The van der Waals surface area contributed by atoms with Crippen LogP contribution in [-0.2, 0) is 0 Å². The molecule has 0 saturated heterocycles. The lowest BCUT2D eigenvalue weighted by atomic mass is 10.1. The first-order valence-electron chi connectivity index (χ1n) is 7.03. The van der Waals surface area contributed by atoms with Crippen molar-refractivity contribution >= 4 is 29.0 Å². The van der Waals surface area contributed by atoms with Crippen molar-refractivity contribution in [3.8, 4) is 5.75 Å². The summed E-state index contributed by atoms with van der Waals surface area (Å²) in [7, 11) is 1.52. The van der Waals surface area contributed by atoms with Crippen LogP contribution in [0.4, 0.5) is 11.5 Å². The van der Waals surface area contributed by atoms with E-state index < -0.39 is 0 Å². The maximum Gasteiger partial charge on any atom is 0.274 e. The monoisotopic (exact) mass is 334 g/mol. The first-order valence-corrected chi connectivity index (χ1v) is 7.41. The third kappa shape index (κ3) is 4.82. The van der Waals surface area contributed by atoms with Gasteiger partial charge in [-0.25, -0.2) is 9.97 Å². The van der Waals surface area contributed by atoms with Gasteiger partial charge in [0.2, 0.25) is 0 Å². The van der Waals surface area contributed by atoms with Gasteiger partial charge in [0.15, 0.2) is 0 Å². The molecule has 0 atom stereocenters. The van der Waals surface area contributed by atoms with Crippen molar-refractivity contribution < 1.29 is 9.53 Å². The van der Waals surface area contributed by atoms with Crippen molar-refractivity contribution in [1.82, 2.24) is 9.97 Å². The zero-order valence-corrected chi connectivity index (χ0v) is 14.2. The van der Waals surface area contributed by atoms with Crippen LogP contribution >= 0.6 is 11.6 Å². The van der Waals surface area contributed by atoms with Crippen molar-refractivity contribution in [3.63, 3.8) is 0 Å². The number of benzene rings is 1. The maximum absolute atomic E-state index is 12.4. The van der Waals surface area contributed by atoms with E-state index in [0.717, 1.165) is 0 Å². The fourth-order valence-electron chi connectivity index (χ4n) is 1.90. The number of hydrogen-bond donors (Lipinski definition) is 2. The molecule has 1 heterocycles. The van der Waals surface area contributed by atoms with E-state index in [2.05, 4.69) is 20.6 Å². The summed E-state index contributed by atoms with van der Waals surface area (Å²) < 4.78 is 5.21. The standard InChI is InChI=1S/C16H19ClN4O2/c1-16(2,3)21-14-8-12(18-9-19-14)15(22)20-11-7-10(17)5-6-13(11)23-4/h5-9H,1-4H3,(H,20,22)(H,18,19,21). The van der Waals surface area contributed by atoms with Gasteiger partial charge in [-0.3, -0.25) is 4.79 Å². The van der Waals surface area contributed by atoms with Crippen LogP contribution in [0.1, 0.15) is 31.3 Å². The van der Waals surface area contributed by atoms with Crippen molar-refractivity contribution in [2.75, 3.05) is 17.7 Å². The molecule has 0 unspecified atom stereocenters. The Hall–Kier alpha value is -2.34. The molecule has 0 radical (unpaired) electrons. The van der Waals surface area contributed by atoms with Gasteiger partial charge in [-0.05, 0) is 39.0 Å². The zero-order chi connectivity index (χ0) is 17.0. The Balaban J connectivity index is 2.21. The second kappa shape index (κ2) is 6.83. The van der Waals surface area contributed by atoms with E-state index >= 15 is 0 Å². The van der Waals surface area contributed by atoms with Gasteiger partial charge < -0.3 is 15.4 Å². The zero-order valence-electron chi connectivity index (χ0n) is 13.5. The first kappa shape index (κ1) is 17.0. The predicted molar refractivity (Wildman–Crippen MR) is 91.4 cm³/mol. The van der Waals surface area contributed by atoms with Crippen LogP contribution in [0.5, 0.6) is 5.75 Å². The Morgan fingerprint density at radius 1 is 1.22 bits per heavy atom. The highest BCUT2D eigenvalue weighted by Gasteiger charge is 2.15. The van der Waals surface area contributed by atoms with Crippen molar-refractivity contribution in [2.24, 2.45) is 0 Å². The number of halogens is 1. The molecule has 1 aromatic carbocycles. The van der Waals surface area contributed by atoms with Gasteiger partial charge in [0.25, 0.3) is 5.91 Å². The molecule has 2 rings (SSSR count). The minimum atomic E-state index is -0.370. The molecule has 122 valence electrons. The molecule has 0 bridgehead atoms. The van der Waals surface area contributed by atoms with Crippen molar-refractivity contribution in [3.05, 3.63) is 41.3 Å². The van der Waals surface area contributed by atoms with Gasteiger partial charge in [0.05, 0.1) is 12.8 Å². The van der Waals surface area contributed by atoms with Crippen LogP contribution in [0, 0.1) is 0 Å². The van der Waals surface area contributed by atoms with E-state index in [0.29, 0.717) is 22.3 Å². The van der Waals surface area contributed by atoms with Crippen LogP contribution < -0.4 is 15.4 Å². The van der Waals surface area contributed by atoms with Gasteiger partial charge in [0.1, 0.15) is 23.6 Å². The van der Waals surface area contributed by atoms with E-state index in [4.69, 9.17) is 16.3 Å². The van der Waals surface area contributed by atoms with Gasteiger partial charge in [-0.2, -0.15) is 0 Å². The smallest absolute Gasteiger partial charge is 0.274 e. The number of nitrogens with zero attached hydrogens (tertiary/aromatic N) is 2. The minimum absolute atomic E-state index is 0.168. The highest BCUT2D eigenvalue weighted by atomic mass is 35.5. The van der Waals surface area contributed by atoms with E-state index in [1.165, 1.54) is 13.4 Å². The summed E-state index contributed by atoms with van der Waals surface area (Å²) in [6.07, 6.45) is 1.35. The fourth-order valence-corrected chi connectivity index (χ4v) is 2.07. The largest absolute Gasteiger partial charge is 0.495 e. The number of ether oxygens (including phenoxy) is 1. The number of amides is 1. The second-order valence-electron chi connectivity index (χ2n) is 5.96. The molecule has 2 aromatic rings. The number of anilines is 2. The molecule has 6 nitrogen and oxygen atoms in total. The van der Waals surface area contributed by atoms with Crippen LogP contribution in [-0.4, -0.2) is 28.5 Å². The molecule has 7 heteroatoms. The lowest BCUT2D eigenvalue weighted by molar-refractivity contribution is 0.102. The average molecular weight is 335 g/mol. The first-order chi connectivity index (χ1) is 10.8. The molecule has 0 aliphatic rings. The summed E-state index contributed by atoms with van der Waals surface area (Å²) >= 11 is 5.96. The topological polar surface area (TPSA) is 76.1 Å². The van der Waals surface area contributed by atoms with Gasteiger partial charge in [-0.15, -0.1) is 0 Å². The highest BCUT2D eigenvalue weighted by molar-refractivity contribution is 6.31. The Labute approximate surface area is 140 Å². The number of nitrogens with one attached hydrogen (secondary N) is 2. The van der Waals surface area contributed by atoms with Crippen LogP contribution in [0.25, 0.3) is 0 Å². The van der Waals surface area contributed by atoms with E-state index in [-0.39, 0.29) is 17.1 Å². The third-order valence-electron chi connectivity index (χ3n) is 2.81. The molecule has 0 spiro atoms. The normalized spacial score (nSPS) is 11.0. The summed E-state index contributed by atoms with van der Waals surface area (Å²) in [6, 6.07) is 6.59. The molecule has 0 fully saturated rings.